The van der Waals surface area contributed by atoms with Gasteiger partial charge in [0, 0.05) is 32.5 Å². The molecular formula is C21H33NO7. The number of methoxy groups -OCH3 is 2. The van der Waals surface area contributed by atoms with Gasteiger partial charge in [0.25, 0.3) is 0 Å². The van der Waals surface area contributed by atoms with Crippen LogP contribution in [0.5, 0.6) is 0 Å². The second kappa shape index (κ2) is 13.1. The summed E-state index contributed by atoms with van der Waals surface area (Å²) in [7, 11) is 3.07. The maximum atomic E-state index is 12.1. The summed E-state index contributed by atoms with van der Waals surface area (Å²) in [6.07, 6.45) is 6.59. The van der Waals surface area contributed by atoms with E-state index in [0.717, 1.165) is 0 Å². The molecule has 0 aromatic carbocycles. The van der Waals surface area contributed by atoms with Gasteiger partial charge >= 0.3 is 11.9 Å². The second-order valence-electron chi connectivity index (χ2n) is 7.13. The van der Waals surface area contributed by atoms with E-state index in [4.69, 9.17) is 18.9 Å². The zero-order chi connectivity index (χ0) is 21.8. The molecule has 0 radical (unpaired) electrons. The average Bonchev–Trinajstić information content (AvgIpc) is 2.67. The first-order valence-electron chi connectivity index (χ1n) is 9.79. The Labute approximate surface area is 172 Å². The fourth-order valence-corrected chi connectivity index (χ4v) is 2.77. The van der Waals surface area contributed by atoms with Gasteiger partial charge in [-0.3, -0.25) is 9.59 Å². The van der Waals surface area contributed by atoms with Crippen molar-refractivity contribution in [1.82, 2.24) is 5.32 Å². The van der Waals surface area contributed by atoms with Crippen molar-refractivity contribution in [2.24, 2.45) is 11.8 Å². The van der Waals surface area contributed by atoms with Crippen LogP contribution in [0.4, 0.5) is 0 Å². The molecular weight excluding hydrogens is 378 g/mol. The third-order valence-electron chi connectivity index (χ3n) is 4.77. The van der Waals surface area contributed by atoms with Crippen LogP contribution in [-0.2, 0) is 33.3 Å². The molecule has 1 N–H and O–H groups in total. The number of hydrogen-bond acceptors (Lipinski definition) is 7. The predicted molar refractivity (Wildman–Crippen MR) is 107 cm³/mol. The summed E-state index contributed by atoms with van der Waals surface area (Å²) in [6.45, 7) is 5.54. The van der Waals surface area contributed by atoms with Crippen LogP contribution in [0.3, 0.4) is 0 Å². The minimum absolute atomic E-state index is 0.0401. The molecule has 0 bridgehead atoms. The van der Waals surface area contributed by atoms with Gasteiger partial charge in [-0.25, -0.2) is 4.79 Å². The van der Waals surface area contributed by atoms with E-state index in [1.807, 2.05) is 26.0 Å². The van der Waals surface area contributed by atoms with Crippen molar-refractivity contribution in [3.8, 4) is 0 Å². The van der Waals surface area contributed by atoms with Crippen molar-refractivity contribution in [2.75, 3.05) is 27.4 Å². The number of carbonyl (C=O) groups is 3. The molecule has 0 fully saturated rings. The van der Waals surface area contributed by atoms with Gasteiger partial charge in [0.15, 0.2) is 0 Å². The van der Waals surface area contributed by atoms with Crippen LogP contribution in [-0.4, -0.2) is 63.5 Å². The number of hydrogen-bond donors (Lipinski definition) is 1. The lowest BCUT2D eigenvalue weighted by Gasteiger charge is -2.21. The quantitative estimate of drug-likeness (QED) is 0.546. The molecule has 0 aromatic rings. The lowest BCUT2D eigenvalue weighted by molar-refractivity contribution is -0.151. The van der Waals surface area contributed by atoms with Crippen LogP contribution in [0.2, 0.25) is 0 Å². The van der Waals surface area contributed by atoms with E-state index in [1.54, 1.807) is 26.2 Å². The van der Waals surface area contributed by atoms with Crippen LogP contribution in [0.25, 0.3) is 0 Å². The zero-order valence-corrected chi connectivity index (χ0v) is 17.9. The van der Waals surface area contributed by atoms with Crippen molar-refractivity contribution in [1.29, 1.82) is 0 Å². The van der Waals surface area contributed by atoms with E-state index < -0.39 is 12.0 Å². The molecule has 8 heteroatoms. The molecule has 1 amide bonds. The average molecular weight is 411 g/mol. The smallest absolute Gasteiger partial charge is 0.328 e. The zero-order valence-electron chi connectivity index (χ0n) is 17.9. The fraction of sp³-hybridized carbons (Fsp3) is 0.667. The highest BCUT2D eigenvalue weighted by atomic mass is 16.6. The van der Waals surface area contributed by atoms with Gasteiger partial charge in [0.05, 0.1) is 18.6 Å². The Bertz CT molecular complexity index is 602. The van der Waals surface area contributed by atoms with Crippen LogP contribution < -0.4 is 5.32 Å². The Morgan fingerprint density at radius 2 is 1.38 bits per heavy atom. The Hall–Kier alpha value is -2.19. The molecule has 1 rings (SSSR count). The first-order chi connectivity index (χ1) is 13.8. The summed E-state index contributed by atoms with van der Waals surface area (Å²) in [5.41, 5.74) is 0. The molecule has 164 valence electrons. The van der Waals surface area contributed by atoms with E-state index in [0.29, 0.717) is 0 Å². The molecule has 0 saturated heterocycles. The largest absolute Gasteiger partial charge is 0.463 e. The van der Waals surface area contributed by atoms with E-state index in [2.05, 4.69) is 5.32 Å². The van der Waals surface area contributed by atoms with E-state index in [1.165, 1.54) is 7.11 Å². The normalized spacial score (nSPS) is 33.3. The Kier molecular flexibility index (Phi) is 11.2. The standard InChI is InChI=1S/C21H33NO7/c1-14-8-6-10-19(23)22-16(3)21(25)29-13-18(27-5)15(2)9-7-11-20(24)28-12-17(14)26-4/h6-9,14-18H,10-13H2,1-5H3,(H,22,23)/b8-6+,9-7+/t14-,15-,16+,17-,18-/m1/s1. The van der Waals surface area contributed by atoms with Gasteiger partial charge < -0.3 is 24.3 Å². The van der Waals surface area contributed by atoms with Gasteiger partial charge in [0.1, 0.15) is 19.3 Å². The molecule has 8 nitrogen and oxygen atoms in total. The van der Waals surface area contributed by atoms with E-state index >= 15 is 0 Å². The Balaban J connectivity index is 2.90. The van der Waals surface area contributed by atoms with Gasteiger partial charge in [0.2, 0.25) is 5.91 Å². The lowest BCUT2D eigenvalue weighted by Crippen LogP contribution is -2.40. The molecule has 0 aromatic heterocycles. The summed E-state index contributed by atoms with van der Waals surface area (Å²) in [4.78, 5) is 36.2. The molecule has 0 spiro atoms. The summed E-state index contributed by atoms with van der Waals surface area (Å²) in [5.74, 6) is -1.35. The maximum absolute atomic E-state index is 12.1. The molecule has 1 aliphatic heterocycles. The summed E-state index contributed by atoms with van der Waals surface area (Å²) >= 11 is 0. The minimum atomic E-state index is -0.767. The first kappa shape index (κ1) is 24.8. The van der Waals surface area contributed by atoms with E-state index in [9.17, 15) is 14.4 Å². The van der Waals surface area contributed by atoms with Gasteiger partial charge in [-0.15, -0.1) is 0 Å². The second-order valence-corrected chi connectivity index (χ2v) is 7.13. The van der Waals surface area contributed by atoms with Gasteiger partial charge in [-0.05, 0) is 6.92 Å². The first-order valence-corrected chi connectivity index (χ1v) is 9.79. The summed E-state index contributed by atoms with van der Waals surface area (Å²) in [6, 6.07) is -0.767. The number of amides is 1. The number of ether oxygens (including phenoxy) is 4. The predicted octanol–water partition coefficient (Wildman–Crippen LogP) is 1.79. The number of esters is 2. The fourth-order valence-electron chi connectivity index (χ4n) is 2.77. The van der Waals surface area contributed by atoms with Crippen LogP contribution in [0.15, 0.2) is 24.3 Å². The van der Waals surface area contributed by atoms with Crippen molar-refractivity contribution >= 4 is 17.8 Å². The minimum Gasteiger partial charge on any atom is -0.463 e. The SMILES string of the molecule is CO[C@@H]1COC(=O)C/C=C/[C@@H](C)[C@H](OC)COC(=O)[C@H](C)NC(=O)C/C=C/[C@H]1C. The molecule has 1 aliphatic rings. The number of cyclic esters (lactones) is 2. The van der Waals surface area contributed by atoms with Gasteiger partial charge in [-0.1, -0.05) is 38.2 Å². The number of nitrogens with one attached hydrogen (secondary N) is 1. The highest BCUT2D eigenvalue weighted by Gasteiger charge is 2.22. The molecule has 1 heterocycles. The van der Waals surface area contributed by atoms with Crippen molar-refractivity contribution in [3.05, 3.63) is 24.3 Å². The van der Waals surface area contributed by atoms with E-state index in [-0.39, 0.29) is 62.0 Å². The van der Waals surface area contributed by atoms with Gasteiger partial charge in [-0.2, -0.15) is 0 Å². The summed E-state index contributed by atoms with van der Waals surface area (Å²) in [5, 5.41) is 2.61. The topological polar surface area (TPSA) is 100 Å². The summed E-state index contributed by atoms with van der Waals surface area (Å²) < 4.78 is 21.3. The third kappa shape index (κ3) is 9.23. The molecule has 0 aliphatic carbocycles. The highest BCUT2D eigenvalue weighted by molar-refractivity contribution is 5.84. The van der Waals surface area contributed by atoms with Crippen molar-refractivity contribution < 1.29 is 33.3 Å². The Morgan fingerprint density at radius 1 is 0.862 bits per heavy atom. The third-order valence-corrected chi connectivity index (χ3v) is 4.77. The molecule has 5 atom stereocenters. The Morgan fingerprint density at radius 3 is 1.93 bits per heavy atom. The number of carbonyl (C=O) groups excluding carboxylic acids is 3. The van der Waals surface area contributed by atoms with Crippen molar-refractivity contribution in [3.63, 3.8) is 0 Å². The van der Waals surface area contributed by atoms with Crippen LogP contribution >= 0.6 is 0 Å². The maximum Gasteiger partial charge on any atom is 0.328 e. The highest BCUT2D eigenvalue weighted by Crippen LogP contribution is 2.12. The van der Waals surface area contributed by atoms with Crippen molar-refractivity contribution in [2.45, 2.75) is 51.9 Å². The lowest BCUT2D eigenvalue weighted by atomic mass is 10.0. The molecule has 29 heavy (non-hydrogen) atoms. The molecule has 0 unspecified atom stereocenters. The number of rotatable bonds is 2. The van der Waals surface area contributed by atoms with Crippen LogP contribution in [0.1, 0.15) is 33.6 Å². The monoisotopic (exact) mass is 411 g/mol. The van der Waals surface area contributed by atoms with Crippen LogP contribution in [0, 0.1) is 11.8 Å². The molecule has 0 saturated carbocycles.